The van der Waals surface area contributed by atoms with E-state index < -0.39 is 15.7 Å². The van der Waals surface area contributed by atoms with Gasteiger partial charge in [-0.3, -0.25) is 0 Å². The minimum atomic E-state index is -3.44. The van der Waals surface area contributed by atoms with Gasteiger partial charge < -0.3 is 27.7 Å². The van der Waals surface area contributed by atoms with Crippen LogP contribution in [0.3, 0.4) is 0 Å². The van der Waals surface area contributed by atoms with E-state index in [1.54, 1.807) is 12.1 Å². The fourth-order valence-electron chi connectivity index (χ4n) is 0.464. The number of hydrogen-bond donors (Lipinski definition) is 7. The molecule has 12 heteroatoms. The van der Waals surface area contributed by atoms with E-state index >= 15 is 0 Å². The van der Waals surface area contributed by atoms with Crippen LogP contribution >= 0.6 is 0 Å². The number of phenols is 2. The van der Waals surface area contributed by atoms with Crippen LogP contribution in [0, 0.1) is 4.91 Å². The van der Waals surface area contributed by atoms with Gasteiger partial charge in [0.1, 0.15) is 0 Å². The predicted octanol–water partition coefficient (Wildman–Crippen LogP) is -1.12. The number of phenolic OH excluding ortho intramolecular Hbond substituents is 2. The summed E-state index contributed by atoms with van der Waals surface area (Å²) in [6, 6.07) is 6.15. The SMILES string of the molecule is N.N.O=NO.Oc1ccccc1O.[O-][As](O)O.[Pt+4]. The molecule has 0 aliphatic carbocycles. The van der Waals surface area contributed by atoms with E-state index in [9.17, 15) is 0 Å². The third-order valence-electron chi connectivity index (χ3n) is 0.882. The van der Waals surface area contributed by atoms with Crippen LogP contribution in [-0.4, -0.2) is 39.3 Å². The van der Waals surface area contributed by atoms with Crippen LogP contribution in [0.2, 0.25) is 0 Å². The van der Waals surface area contributed by atoms with Crippen molar-refractivity contribution in [3.05, 3.63) is 29.2 Å². The summed E-state index contributed by atoms with van der Waals surface area (Å²) in [5.41, 5.74) is 0. The second kappa shape index (κ2) is 21.5. The minimum Gasteiger partial charge on any atom is 4.00 e. The van der Waals surface area contributed by atoms with Gasteiger partial charge in [-0.2, -0.15) is 0 Å². The van der Waals surface area contributed by atoms with Gasteiger partial charge in [-0.05, 0) is 12.1 Å². The van der Waals surface area contributed by atoms with Crippen LogP contribution in [0.1, 0.15) is 0 Å². The molecule has 0 unspecified atom stereocenters. The first kappa shape index (κ1) is 30.4. The molecule has 0 saturated heterocycles. The standard InChI is InChI=1S/C6H6O2.AsH2O3.HNO2.2H3N.Pt/c7-5-3-1-2-4-6(5)8;2-1(3)4;2-1-3;;;/h1-4,7-8H;2-3H;(H,2,3);2*1H3;/q;-1;;;;+4. The Morgan fingerprint density at radius 3 is 1.33 bits per heavy atom. The molecule has 0 atom stereocenters. The van der Waals surface area contributed by atoms with E-state index in [1.165, 1.54) is 17.5 Å². The van der Waals surface area contributed by atoms with Gasteiger partial charge in [0.05, 0.1) is 0 Å². The van der Waals surface area contributed by atoms with Crippen LogP contribution in [-0.2, 0) is 21.1 Å². The minimum absolute atomic E-state index is 0. The summed E-state index contributed by atoms with van der Waals surface area (Å²) in [6.07, 6.45) is 0. The van der Waals surface area contributed by atoms with E-state index in [-0.39, 0.29) is 44.9 Å². The van der Waals surface area contributed by atoms with Crippen molar-refractivity contribution in [1.29, 1.82) is 0 Å². The zero-order valence-corrected chi connectivity index (χ0v) is 13.1. The normalized spacial score (nSPS) is 6.67. The Morgan fingerprint density at radius 2 is 1.22 bits per heavy atom. The van der Waals surface area contributed by atoms with Crippen molar-refractivity contribution in [2.75, 3.05) is 0 Å². The molecule has 0 aliphatic rings. The first-order valence-electron chi connectivity index (χ1n) is 3.24. The molecule has 0 aliphatic heterocycles. The van der Waals surface area contributed by atoms with Gasteiger partial charge in [0.2, 0.25) is 0 Å². The van der Waals surface area contributed by atoms with Crippen LogP contribution in [0.15, 0.2) is 29.6 Å². The molecule has 1 aromatic carbocycles. The zero-order chi connectivity index (χ0) is 12.3. The molecule has 0 saturated carbocycles. The first-order chi connectivity index (χ1) is 6.95. The molecular formula is C6H15AsN3O7Pt+3. The molecule has 0 spiro atoms. The first-order valence-corrected chi connectivity index (χ1v) is 5.68. The van der Waals surface area contributed by atoms with Crippen molar-refractivity contribution in [3.63, 3.8) is 0 Å². The number of benzene rings is 1. The molecule has 0 radical (unpaired) electrons. The maximum absolute atomic E-state index is 8.78. The Morgan fingerprint density at radius 1 is 1.06 bits per heavy atom. The maximum Gasteiger partial charge on any atom is 4.00 e. The molecule has 0 aromatic heterocycles. The Labute approximate surface area is 123 Å². The van der Waals surface area contributed by atoms with Crippen molar-refractivity contribution >= 4 is 15.7 Å². The Balaban J connectivity index is -0.0000000497. The zero-order valence-electron chi connectivity index (χ0n) is 8.99. The third-order valence-corrected chi connectivity index (χ3v) is 0.882. The van der Waals surface area contributed by atoms with Crippen molar-refractivity contribution in [3.8, 4) is 11.5 Å². The molecule has 0 fully saturated rings. The Bertz CT molecular complexity index is 257. The van der Waals surface area contributed by atoms with Crippen LogP contribution in [0.5, 0.6) is 11.5 Å². The molecule has 18 heavy (non-hydrogen) atoms. The molecule has 108 valence electrons. The van der Waals surface area contributed by atoms with Crippen molar-refractivity contribution in [1.82, 2.24) is 12.3 Å². The number of para-hydroxylation sites is 2. The van der Waals surface area contributed by atoms with Gasteiger partial charge in [-0.15, -0.1) is 4.91 Å². The van der Waals surface area contributed by atoms with Crippen molar-refractivity contribution < 1.29 is 48.8 Å². The van der Waals surface area contributed by atoms with E-state index in [1.807, 2.05) is 0 Å². The summed E-state index contributed by atoms with van der Waals surface area (Å²) >= 11 is -3.44. The topological polar surface area (TPSA) is 224 Å². The monoisotopic (exact) mass is 511 g/mol. The van der Waals surface area contributed by atoms with E-state index in [0.29, 0.717) is 0 Å². The number of hydrogen-bond acceptors (Lipinski definition) is 9. The van der Waals surface area contributed by atoms with Crippen LogP contribution < -0.4 is 16.4 Å². The molecule has 0 heterocycles. The fourth-order valence-corrected chi connectivity index (χ4v) is 0.464. The fraction of sp³-hybridized carbons (Fsp3) is 0. The smallest absolute Gasteiger partial charge is 4.00 e. The quantitative estimate of drug-likeness (QED) is 0.0968. The van der Waals surface area contributed by atoms with E-state index in [4.69, 9.17) is 32.6 Å². The Kier molecular flexibility index (Phi) is 36.3. The Hall–Kier alpha value is -0.733. The molecule has 0 bridgehead atoms. The molecule has 11 N–H and O–H groups in total. The van der Waals surface area contributed by atoms with Gasteiger partial charge in [0.25, 0.3) is 0 Å². The van der Waals surface area contributed by atoms with Crippen molar-refractivity contribution in [2.24, 2.45) is 5.34 Å². The average Bonchev–Trinajstić information content (AvgIpc) is 2.10. The summed E-state index contributed by atoms with van der Waals surface area (Å²) in [6.45, 7) is 0. The van der Waals surface area contributed by atoms with Crippen molar-refractivity contribution in [2.45, 2.75) is 0 Å². The third kappa shape index (κ3) is 29.5. The summed E-state index contributed by atoms with van der Waals surface area (Å²) in [4.78, 5) is 8.11. The van der Waals surface area contributed by atoms with E-state index in [0.717, 1.165) is 0 Å². The summed E-state index contributed by atoms with van der Waals surface area (Å²) in [5, 5.41) is 25.2. The summed E-state index contributed by atoms with van der Waals surface area (Å²) in [7, 11) is 0. The average molecular weight is 511 g/mol. The predicted molar refractivity (Wildman–Crippen MR) is 57.6 cm³/mol. The van der Waals surface area contributed by atoms with Crippen LogP contribution in [0.4, 0.5) is 0 Å². The molecule has 1 rings (SSSR count). The maximum atomic E-state index is 8.78. The number of nitrogens with zero attached hydrogens (tertiary/aromatic N) is 1. The summed E-state index contributed by atoms with van der Waals surface area (Å²) < 4.78 is 23.2. The number of aromatic hydroxyl groups is 2. The van der Waals surface area contributed by atoms with Crippen LogP contribution in [0.25, 0.3) is 0 Å². The largest absolute Gasteiger partial charge is 4.00 e. The van der Waals surface area contributed by atoms with Gasteiger partial charge in [-0.1, -0.05) is 12.1 Å². The molecule has 0 amide bonds. The van der Waals surface area contributed by atoms with Gasteiger partial charge >= 0.3 is 49.0 Å². The van der Waals surface area contributed by atoms with Gasteiger partial charge in [-0.25, -0.2) is 0 Å². The molecule has 10 nitrogen and oxygen atoms in total. The van der Waals surface area contributed by atoms with Gasteiger partial charge in [0, 0.05) is 0 Å². The second-order valence-corrected chi connectivity index (χ2v) is 2.88. The number of rotatable bonds is 0. The van der Waals surface area contributed by atoms with E-state index in [2.05, 4.69) is 0 Å². The molecule has 1 aromatic rings. The van der Waals surface area contributed by atoms with Gasteiger partial charge in [0.15, 0.2) is 16.8 Å². The second-order valence-electron chi connectivity index (χ2n) is 1.82. The summed E-state index contributed by atoms with van der Waals surface area (Å²) in [5.74, 6) is -0.153. The molecular weight excluding hydrogens is 496 g/mol.